The number of benzene rings is 1. The maximum atomic E-state index is 12.8. The summed E-state index contributed by atoms with van der Waals surface area (Å²) in [7, 11) is -3.35. The number of hydrogen-bond acceptors (Lipinski definition) is 4. The molecule has 1 aromatic rings. The molecule has 7 heteroatoms. The Labute approximate surface area is 175 Å². The molecule has 3 rings (SSSR count). The molecule has 2 aliphatic heterocycles. The normalized spacial score (nSPS) is 24.3. The van der Waals surface area contributed by atoms with Gasteiger partial charge in [-0.25, -0.2) is 8.42 Å². The van der Waals surface area contributed by atoms with Gasteiger partial charge in [-0.2, -0.15) is 4.31 Å². The van der Waals surface area contributed by atoms with Crippen LogP contribution in [-0.2, 0) is 21.4 Å². The summed E-state index contributed by atoms with van der Waals surface area (Å²) < 4.78 is 26.6. The van der Waals surface area contributed by atoms with Crippen LogP contribution < -0.4 is 5.32 Å². The Morgan fingerprint density at radius 1 is 1.10 bits per heavy atom. The van der Waals surface area contributed by atoms with Crippen molar-refractivity contribution in [2.45, 2.75) is 58.0 Å². The van der Waals surface area contributed by atoms with Crippen LogP contribution in [0, 0.1) is 5.92 Å². The van der Waals surface area contributed by atoms with E-state index in [0.717, 1.165) is 45.3 Å². The summed E-state index contributed by atoms with van der Waals surface area (Å²) in [5.41, 5.74) is 1.32. The van der Waals surface area contributed by atoms with Gasteiger partial charge in [0.05, 0.1) is 5.75 Å². The Hall–Kier alpha value is -1.44. The fourth-order valence-electron chi connectivity index (χ4n) is 4.54. The minimum Gasteiger partial charge on any atom is -0.354 e. The molecule has 1 amide bonds. The summed E-state index contributed by atoms with van der Waals surface area (Å²) in [6, 6.07) is 9.94. The van der Waals surface area contributed by atoms with Crippen LogP contribution >= 0.6 is 0 Å². The molecule has 0 aliphatic carbocycles. The van der Waals surface area contributed by atoms with Gasteiger partial charge in [0.25, 0.3) is 0 Å². The summed E-state index contributed by atoms with van der Waals surface area (Å²) in [5, 5.41) is 3.08. The molecule has 0 aromatic heterocycles. The molecule has 1 aromatic carbocycles. The van der Waals surface area contributed by atoms with E-state index in [9.17, 15) is 13.2 Å². The number of nitrogens with zero attached hydrogens (tertiary/aromatic N) is 2. The number of likely N-dealkylation sites (tertiary alicyclic amines) is 1. The molecule has 6 nitrogen and oxygen atoms in total. The Bertz CT molecular complexity index is 754. The van der Waals surface area contributed by atoms with E-state index in [-0.39, 0.29) is 11.7 Å². The highest BCUT2D eigenvalue weighted by Crippen LogP contribution is 2.22. The molecule has 2 aliphatic rings. The van der Waals surface area contributed by atoms with Crippen LogP contribution in [0.4, 0.5) is 0 Å². The van der Waals surface area contributed by atoms with Crippen LogP contribution in [0.3, 0.4) is 0 Å². The molecule has 29 heavy (non-hydrogen) atoms. The van der Waals surface area contributed by atoms with Gasteiger partial charge in [-0.1, -0.05) is 43.7 Å². The predicted octanol–water partition coefficient (Wildman–Crippen LogP) is 2.61. The van der Waals surface area contributed by atoms with E-state index in [0.29, 0.717) is 31.8 Å². The van der Waals surface area contributed by atoms with Gasteiger partial charge in [0.1, 0.15) is 6.04 Å². The van der Waals surface area contributed by atoms with Crippen LogP contribution in [-0.4, -0.2) is 61.5 Å². The van der Waals surface area contributed by atoms with Crippen molar-refractivity contribution in [2.75, 3.05) is 31.9 Å². The molecule has 0 spiro atoms. The lowest BCUT2D eigenvalue weighted by molar-refractivity contribution is -0.126. The summed E-state index contributed by atoms with van der Waals surface area (Å²) in [6.07, 6.45) is 5.18. The first-order chi connectivity index (χ1) is 14.0. The first-order valence-electron chi connectivity index (χ1n) is 11.0. The smallest absolute Gasteiger partial charge is 0.238 e. The van der Waals surface area contributed by atoms with Crippen molar-refractivity contribution in [3.63, 3.8) is 0 Å². The lowest BCUT2D eigenvalue weighted by Crippen LogP contribution is -2.53. The predicted molar refractivity (Wildman–Crippen MR) is 116 cm³/mol. The standard InChI is InChI=1S/C22H35N3O3S/c1-2-15-29(27,28)25-14-7-6-12-21(25)22(26)23-16-20-11-8-13-24(18-20)17-19-9-4-3-5-10-19/h3-5,9-10,20-21H,2,6-8,11-18H2,1H3,(H,23,26). The molecule has 0 saturated carbocycles. The van der Waals surface area contributed by atoms with Crippen molar-refractivity contribution in [1.29, 1.82) is 0 Å². The second-order valence-corrected chi connectivity index (χ2v) is 10.5. The van der Waals surface area contributed by atoms with Gasteiger partial charge in [-0.15, -0.1) is 0 Å². The van der Waals surface area contributed by atoms with Crippen LogP contribution in [0.15, 0.2) is 30.3 Å². The molecule has 2 saturated heterocycles. The van der Waals surface area contributed by atoms with E-state index in [1.165, 1.54) is 9.87 Å². The zero-order valence-corrected chi connectivity index (χ0v) is 18.4. The zero-order valence-electron chi connectivity index (χ0n) is 17.6. The minimum absolute atomic E-state index is 0.119. The molecule has 0 bridgehead atoms. The van der Waals surface area contributed by atoms with Crippen LogP contribution in [0.25, 0.3) is 0 Å². The van der Waals surface area contributed by atoms with E-state index in [1.54, 1.807) is 0 Å². The maximum absolute atomic E-state index is 12.8. The highest BCUT2D eigenvalue weighted by molar-refractivity contribution is 7.89. The SMILES string of the molecule is CCCS(=O)(=O)N1CCCCC1C(=O)NCC1CCCN(Cc2ccccc2)C1. The summed E-state index contributed by atoms with van der Waals surface area (Å²) in [5.74, 6) is 0.415. The van der Waals surface area contributed by atoms with E-state index >= 15 is 0 Å². The molecule has 2 unspecified atom stereocenters. The van der Waals surface area contributed by atoms with Crippen molar-refractivity contribution >= 4 is 15.9 Å². The van der Waals surface area contributed by atoms with Crippen molar-refractivity contribution in [3.05, 3.63) is 35.9 Å². The van der Waals surface area contributed by atoms with Crippen molar-refractivity contribution in [2.24, 2.45) is 5.92 Å². The Morgan fingerprint density at radius 2 is 1.90 bits per heavy atom. The summed E-state index contributed by atoms with van der Waals surface area (Å²) in [6.45, 7) is 5.96. The minimum atomic E-state index is -3.35. The number of nitrogens with one attached hydrogen (secondary N) is 1. The lowest BCUT2D eigenvalue weighted by Gasteiger charge is -2.35. The van der Waals surface area contributed by atoms with Gasteiger partial charge >= 0.3 is 0 Å². The highest BCUT2D eigenvalue weighted by Gasteiger charge is 2.36. The third-order valence-corrected chi connectivity index (χ3v) is 8.07. The molecule has 2 fully saturated rings. The van der Waals surface area contributed by atoms with Crippen molar-refractivity contribution in [1.82, 2.24) is 14.5 Å². The quantitative estimate of drug-likeness (QED) is 0.701. The topological polar surface area (TPSA) is 69.7 Å². The van der Waals surface area contributed by atoms with E-state index in [1.807, 2.05) is 13.0 Å². The van der Waals surface area contributed by atoms with Gasteiger partial charge in [0.2, 0.25) is 15.9 Å². The Kier molecular flexibility index (Phi) is 8.09. The molecule has 2 atom stereocenters. The maximum Gasteiger partial charge on any atom is 0.238 e. The first kappa shape index (κ1) is 22.2. The second kappa shape index (κ2) is 10.5. The van der Waals surface area contributed by atoms with E-state index < -0.39 is 16.1 Å². The van der Waals surface area contributed by atoms with E-state index in [2.05, 4.69) is 34.5 Å². The molecular weight excluding hydrogens is 386 g/mol. The van der Waals surface area contributed by atoms with Gasteiger partial charge in [0, 0.05) is 26.2 Å². The van der Waals surface area contributed by atoms with Crippen LogP contribution in [0.1, 0.15) is 51.0 Å². The number of carbonyl (C=O) groups is 1. The number of hydrogen-bond donors (Lipinski definition) is 1. The summed E-state index contributed by atoms with van der Waals surface area (Å²) in [4.78, 5) is 15.3. The molecular formula is C22H35N3O3S. The molecule has 0 radical (unpaired) electrons. The number of rotatable bonds is 8. The monoisotopic (exact) mass is 421 g/mol. The molecule has 162 valence electrons. The van der Waals surface area contributed by atoms with Gasteiger partial charge in [-0.3, -0.25) is 9.69 Å². The van der Waals surface area contributed by atoms with Crippen molar-refractivity contribution < 1.29 is 13.2 Å². The number of piperidine rings is 2. The van der Waals surface area contributed by atoms with Crippen LogP contribution in [0.2, 0.25) is 0 Å². The van der Waals surface area contributed by atoms with E-state index in [4.69, 9.17) is 0 Å². The largest absolute Gasteiger partial charge is 0.354 e. The third-order valence-electron chi connectivity index (χ3n) is 5.99. The fraction of sp³-hybridized carbons (Fsp3) is 0.682. The van der Waals surface area contributed by atoms with Gasteiger partial charge in [-0.05, 0) is 50.1 Å². The Morgan fingerprint density at radius 3 is 2.66 bits per heavy atom. The van der Waals surface area contributed by atoms with Gasteiger partial charge in [0.15, 0.2) is 0 Å². The number of sulfonamides is 1. The average Bonchev–Trinajstić information content (AvgIpc) is 2.73. The fourth-order valence-corrected chi connectivity index (χ4v) is 6.29. The Balaban J connectivity index is 1.52. The highest BCUT2D eigenvalue weighted by atomic mass is 32.2. The summed E-state index contributed by atoms with van der Waals surface area (Å²) >= 11 is 0. The average molecular weight is 422 g/mol. The number of amides is 1. The van der Waals surface area contributed by atoms with Crippen LogP contribution in [0.5, 0.6) is 0 Å². The number of carbonyl (C=O) groups excluding carboxylic acids is 1. The van der Waals surface area contributed by atoms with Gasteiger partial charge < -0.3 is 5.32 Å². The van der Waals surface area contributed by atoms with Crippen molar-refractivity contribution in [3.8, 4) is 0 Å². The molecule has 1 N–H and O–H groups in total. The molecule has 2 heterocycles. The first-order valence-corrected chi connectivity index (χ1v) is 12.6. The zero-order chi connectivity index (χ0) is 20.7. The third kappa shape index (κ3) is 6.27. The second-order valence-electron chi connectivity index (χ2n) is 8.41. The lowest BCUT2D eigenvalue weighted by atomic mass is 9.97.